The first kappa shape index (κ1) is 24.2. The number of hydrogen-bond acceptors (Lipinski definition) is 5. The molecule has 1 N–H and O–H groups in total. The van der Waals surface area contributed by atoms with Gasteiger partial charge >= 0.3 is 0 Å². The fourth-order valence-corrected chi connectivity index (χ4v) is 4.63. The van der Waals surface area contributed by atoms with E-state index < -0.39 is 15.9 Å². The number of ether oxygens (including phenoxy) is 1. The fourth-order valence-electron chi connectivity index (χ4n) is 3.24. The summed E-state index contributed by atoms with van der Waals surface area (Å²) in [5.41, 5.74) is 5.84. The van der Waals surface area contributed by atoms with Crippen LogP contribution in [0.5, 0.6) is 5.75 Å². The van der Waals surface area contributed by atoms with Crippen molar-refractivity contribution in [2.75, 3.05) is 13.7 Å². The summed E-state index contributed by atoms with van der Waals surface area (Å²) in [6.07, 6.45) is 1.45. The van der Waals surface area contributed by atoms with E-state index in [4.69, 9.17) is 4.74 Å². The standard InChI is InChI=1S/C25H27N3O4S/c1-19-11-13-23(14-12-19)33(30,31)28(17-21-8-6-7-20(2)15-21)18-25(29)27-26-16-22-9-4-5-10-24(22)32-3/h4-16H,17-18H2,1-3H3,(H,27,29)/b26-16-. The third-order valence-electron chi connectivity index (χ3n) is 4.95. The van der Waals surface area contributed by atoms with Crippen LogP contribution in [0.25, 0.3) is 0 Å². The molecule has 1 amide bonds. The largest absolute Gasteiger partial charge is 0.496 e. The van der Waals surface area contributed by atoms with Gasteiger partial charge in [-0.25, -0.2) is 13.8 Å². The molecule has 3 aromatic carbocycles. The van der Waals surface area contributed by atoms with Crippen molar-refractivity contribution >= 4 is 22.1 Å². The predicted molar refractivity (Wildman–Crippen MR) is 129 cm³/mol. The van der Waals surface area contributed by atoms with E-state index in [1.807, 2.05) is 50.2 Å². The van der Waals surface area contributed by atoms with Crippen LogP contribution in [-0.2, 0) is 21.4 Å². The number of hydrogen-bond donors (Lipinski definition) is 1. The van der Waals surface area contributed by atoms with Crippen LogP contribution in [0.15, 0.2) is 82.8 Å². The van der Waals surface area contributed by atoms with Gasteiger partial charge in [0.2, 0.25) is 10.0 Å². The summed E-state index contributed by atoms with van der Waals surface area (Å²) in [7, 11) is -2.37. The number of benzene rings is 3. The van der Waals surface area contributed by atoms with Crippen LogP contribution in [0.3, 0.4) is 0 Å². The number of carbonyl (C=O) groups is 1. The number of sulfonamides is 1. The van der Waals surface area contributed by atoms with E-state index in [9.17, 15) is 13.2 Å². The maximum absolute atomic E-state index is 13.3. The Hall–Kier alpha value is -3.49. The minimum absolute atomic E-state index is 0.0571. The topological polar surface area (TPSA) is 88.1 Å². The maximum Gasteiger partial charge on any atom is 0.255 e. The van der Waals surface area contributed by atoms with E-state index in [1.165, 1.54) is 6.21 Å². The molecule has 0 aliphatic carbocycles. The molecule has 0 unspecified atom stereocenters. The minimum atomic E-state index is -3.91. The highest BCUT2D eigenvalue weighted by Crippen LogP contribution is 2.19. The van der Waals surface area contributed by atoms with Crippen LogP contribution in [0.4, 0.5) is 0 Å². The molecule has 0 bridgehead atoms. The SMILES string of the molecule is COc1ccccc1/C=N\NC(=O)CN(Cc1cccc(C)c1)S(=O)(=O)c1ccc(C)cc1. The first-order valence-electron chi connectivity index (χ1n) is 10.4. The lowest BCUT2D eigenvalue weighted by Gasteiger charge is -2.22. The molecule has 8 heteroatoms. The Labute approximate surface area is 194 Å². The summed E-state index contributed by atoms with van der Waals surface area (Å²) in [6, 6.07) is 21.3. The lowest BCUT2D eigenvalue weighted by Crippen LogP contribution is -2.39. The van der Waals surface area contributed by atoms with E-state index in [0.717, 1.165) is 21.0 Å². The van der Waals surface area contributed by atoms with Crippen molar-refractivity contribution in [1.82, 2.24) is 9.73 Å². The number of rotatable bonds is 9. The quantitative estimate of drug-likeness (QED) is 0.386. The zero-order valence-corrected chi connectivity index (χ0v) is 19.7. The highest BCUT2D eigenvalue weighted by Gasteiger charge is 2.27. The average molecular weight is 466 g/mol. The summed E-state index contributed by atoms with van der Waals surface area (Å²) in [5, 5.41) is 3.96. The number of carbonyl (C=O) groups excluding carboxylic acids is 1. The molecule has 0 aromatic heterocycles. The third kappa shape index (κ3) is 6.50. The predicted octanol–water partition coefficient (Wildman–Crippen LogP) is 3.65. The highest BCUT2D eigenvalue weighted by molar-refractivity contribution is 7.89. The lowest BCUT2D eigenvalue weighted by molar-refractivity contribution is -0.121. The average Bonchev–Trinajstić information content (AvgIpc) is 2.79. The number of aryl methyl sites for hydroxylation is 2. The van der Waals surface area contributed by atoms with Gasteiger partial charge in [0.1, 0.15) is 5.75 Å². The second kappa shape index (κ2) is 10.9. The number of para-hydroxylation sites is 1. The molecule has 0 spiro atoms. The molecular weight excluding hydrogens is 438 g/mol. The van der Waals surface area contributed by atoms with Gasteiger partial charge in [-0.2, -0.15) is 9.41 Å². The number of hydrazone groups is 1. The molecule has 0 aliphatic rings. The number of amides is 1. The van der Waals surface area contributed by atoms with E-state index >= 15 is 0 Å². The third-order valence-corrected chi connectivity index (χ3v) is 6.76. The molecule has 0 saturated carbocycles. The van der Waals surface area contributed by atoms with Gasteiger partial charge < -0.3 is 4.74 Å². The van der Waals surface area contributed by atoms with Crippen molar-refractivity contribution in [2.24, 2.45) is 5.10 Å². The van der Waals surface area contributed by atoms with Gasteiger partial charge in [-0.15, -0.1) is 0 Å². The van der Waals surface area contributed by atoms with Crippen molar-refractivity contribution in [1.29, 1.82) is 0 Å². The molecule has 0 saturated heterocycles. The van der Waals surface area contributed by atoms with Gasteiger partial charge in [-0.3, -0.25) is 4.79 Å². The summed E-state index contributed by atoms with van der Waals surface area (Å²) in [5.74, 6) is 0.0583. The molecule has 0 fully saturated rings. The fraction of sp³-hybridized carbons (Fsp3) is 0.200. The summed E-state index contributed by atoms with van der Waals surface area (Å²) < 4.78 is 33.1. The van der Waals surface area contributed by atoms with Crippen molar-refractivity contribution in [3.63, 3.8) is 0 Å². The van der Waals surface area contributed by atoms with Crippen molar-refractivity contribution in [2.45, 2.75) is 25.3 Å². The molecule has 172 valence electrons. The van der Waals surface area contributed by atoms with Gasteiger partial charge in [-0.05, 0) is 43.7 Å². The molecule has 33 heavy (non-hydrogen) atoms. The smallest absolute Gasteiger partial charge is 0.255 e. The molecule has 0 radical (unpaired) electrons. The van der Waals surface area contributed by atoms with Crippen LogP contribution < -0.4 is 10.2 Å². The van der Waals surface area contributed by atoms with Crippen LogP contribution in [0.1, 0.15) is 22.3 Å². The van der Waals surface area contributed by atoms with E-state index in [1.54, 1.807) is 43.5 Å². The van der Waals surface area contributed by atoms with Crippen molar-refractivity contribution < 1.29 is 17.9 Å². The Kier molecular flexibility index (Phi) is 7.97. The molecule has 3 rings (SSSR count). The van der Waals surface area contributed by atoms with E-state index in [0.29, 0.717) is 11.3 Å². The molecule has 3 aromatic rings. The normalized spacial score (nSPS) is 11.6. The summed E-state index contributed by atoms with van der Waals surface area (Å²) in [4.78, 5) is 12.8. The first-order valence-corrected chi connectivity index (χ1v) is 11.8. The van der Waals surface area contributed by atoms with Crippen LogP contribution in [0, 0.1) is 13.8 Å². The summed E-state index contributed by atoms with van der Waals surface area (Å²) in [6.45, 7) is 3.49. The van der Waals surface area contributed by atoms with Crippen molar-refractivity contribution in [3.8, 4) is 5.75 Å². The monoisotopic (exact) mass is 465 g/mol. The van der Waals surface area contributed by atoms with Gasteiger partial charge in [0.05, 0.1) is 24.8 Å². The molecule has 7 nitrogen and oxygen atoms in total. The second-order valence-electron chi connectivity index (χ2n) is 7.61. The maximum atomic E-state index is 13.3. The second-order valence-corrected chi connectivity index (χ2v) is 9.55. The number of methoxy groups -OCH3 is 1. The van der Waals surface area contributed by atoms with Gasteiger partial charge in [-0.1, -0.05) is 59.7 Å². The Morgan fingerprint density at radius 3 is 2.42 bits per heavy atom. The Balaban J connectivity index is 1.80. The van der Waals surface area contributed by atoms with Crippen LogP contribution in [0.2, 0.25) is 0 Å². The van der Waals surface area contributed by atoms with Crippen LogP contribution >= 0.6 is 0 Å². The lowest BCUT2D eigenvalue weighted by atomic mass is 10.1. The molecular formula is C25H27N3O4S. The Bertz CT molecular complexity index is 1240. The zero-order valence-electron chi connectivity index (χ0n) is 18.9. The number of nitrogens with one attached hydrogen (secondary N) is 1. The highest BCUT2D eigenvalue weighted by atomic mass is 32.2. The minimum Gasteiger partial charge on any atom is -0.496 e. The first-order chi connectivity index (χ1) is 15.8. The van der Waals surface area contributed by atoms with Crippen LogP contribution in [-0.4, -0.2) is 38.5 Å². The molecule has 0 aliphatic heterocycles. The van der Waals surface area contributed by atoms with E-state index in [-0.39, 0.29) is 18.0 Å². The molecule has 0 atom stereocenters. The van der Waals surface area contributed by atoms with E-state index in [2.05, 4.69) is 10.5 Å². The van der Waals surface area contributed by atoms with Crippen molar-refractivity contribution in [3.05, 3.63) is 95.1 Å². The van der Waals surface area contributed by atoms with Gasteiger partial charge in [0.25, 0.3) is 5.91 Å². The zero-order chi connectivity index (χ0) is 23.8. The van der Waals surface area contributed by atoms with Gasteiger partial charge in [0.15, 0.2) is 0 Å². The molecule has 0 heterocycles. The van der Waals surface area contributed by atoms with Gasteiger partial charge in [0, 0.05) is 12.1 Å². The summed E-state index contributed by atoms with van der Waals surface area (Å²) >= 11 is 0. The Morgan fingerprint density at radius 1 is 1.00 bits per heavy atom. The Morgan fingerprint density at radius 2 is 1.73 bits per heavy atom. The number of nitrogens with zero attached hydrogens (tertiary/aromatic N) is 2.